The maximum atomic E-state index is 13.0. The molecule has 7 nitrogen and oxygen atoms in total. The number of aromatic nitrogens is 2. The molecule has 0 fully saturated rings. The second-order valence-corrected chi connectivity index (χ2v) is 5.58. The van der Waals surface area contributed by atoms with Gasteiger partial charge in [0.05, 0.1) is 24.4 Å². The summed E-state index contributed by atoms with van der Waals surface area (Å²) in [5.41, 5.74) is 6.47. The molecule has 0 saturated carbocycles. The van der Waals surface area contributed by atoms with E-state index in [0.29, 0.717) is 17.9 Å². The number of hydrogen-bond donors (Lipinski definition) is 3. The first kappa shape index (κ1) is 18.3. The van der Waals surface area contributed by atoms with Crippen LogP contribution in [-0.2, 0) is 10.5 Å². The minimum Gasteiger partial charge on any atom is -0.382 e. The number of nitrogens with one attached hydrogen (secondary N) is 2. The van der Waals surface area contributed by atoms with Crippen LogP contribution in [0.15, 0.2) is 22.6 Å². The fraction of sp³-hybridized carbons (Fsp3) is 0.571. The standard InChI is InChI=1S/C14H21F3N6O/c1-8(7-24-4)23-9(2)10(6-21-23)14(18)20-5-11(13(15,16)17)12(19-3)22-14/h5-6,8,19,22H,7,18H2,1-4H3/t8-,14?/m1/s1. The van der Waals surface area contributed by atoms with E-state index in [4.69, 9.17) is 10.5 Å². The van der Waals surface area contributed by atoms with Crippen LogP contribution < -0.4 is 16.4 Å². The second kappa shape index (κ2) is 6.44. The van der Waals surface area contributed by atoms with Gasteiger partial charge in [-0.1, -0.05) is 0 Å². The topological polar surface area (TPSA) is 89.5 Å². The summed E-state index contributed by atoms with van der Waals surface area (Å²) in [5, 5.41) is 9.36. The molecule has 4 N–H and O–H groups in total. The number of allylic oxidation sites excluding steroid dienone is 1. The van der Waals surface area contributed by atoms with Gasteiger partial charge in [-0.2, -0.15) is 18.3 Å². The third-order valence-electron chi connectivity index (χ3n) is 3.82. The molecule has 1 aliphatic rings. The monoisotopic (exact) mass is 346 g/mol. The number of nitrogens with zero attached hydrogens (tertiary/aromatic N) is 3. The fourth-order valence-corrected chi connectivity index (χ4v) is 2.62. The average Bonchev–Trinajstić information content (AvgIpc) is 2.88. The highest BCUT2D eigenvalue weighted by Gasteiger charge is 2.42. The van der Waals surface area contributed by atoms with Gasteiger partial charge in [0.2, 0.25) is 5.79 Å². The van der Waals surface area contributed by atoms with E-state index in [-0.39, 0.29) is 11.9 Å². The van der Waals surface area contributed by atoms with Gasteiger partial charge in [-0.3, -0.25) is 10.4 Å². The summed E-state index contributed by atoms with van der Waals surface area (Å²) in [7, 11) is 2.96. The van der Waals surface area contributed by atoms with Crippen LogP contribution in [0, 0.1) is 6.92 Å². The Morgan fingerprint density at radius 2 is 2.17 bits per heavy atom. The maximum Gasteiger partial charge on any atom is 0.421 e. The van der Waals surface area contributed by atoms with E-state index in [2.05, 4.69) is 20.7 Å². The van der Waals surface area contributed by atoms with Gasteiger partial charge in [0.25, 0.3) is 0 Å². The van der Waals surface area contributed by atoms with E-state index >= 15 is 0 Å². The summed E-state index contributed by atoms with van der Waals surface area (Å²) in [4.78, 5) is 3.90. The van der Waals surface area contributed by atoms with Crippen LogP contribution in [0.4, 0.5) is 13.2 Å². The average molecular weight is 346 g/mol. The first-order valence-corrected chi connectivity index (χ1v) is 7.29. The van der Waals surface area contributed by atoms with Gasteiger partial charge < -0.3 is 15.4 Å². The van der Waals surface area contributed by atoms with Gasteiger partial charge in [-0.15, -0.1) is 0 Å². The number of rotatable bonds is 5. The van der Waals surface area contributed by atoms with Gasteiger partial charge in [0.15, 0.2) is 0 Å². The molecule has 0 spiro atoms. The van der Waals surface area contributed by atoms with Crippen LogP contribution in [-0.4, -0.2) is 42.9 Å². The second-order valence-electron chi connectivity index (χ2n) is 5.58. The van der Waals surface area contributed by atoms with E-state index in [1.54, 1.807) is 18.7 Å². The SMILES string of the molecule is CNC1=C(C(F)(F)F)C=NC(N)(c2cnn([C@H](C)COC)c2C)N1. The van der Waals surface area contributed by atoms with E-state index in [1.165, 1.54) is 13.2 Å². The summed E-state index contributed by atoms with van der Waals surface area (Å²) in [6.07, 6.45) is -2.31. The van der Waals surface area contributed by atoms with Crippen molar-refractivity contribution in [1.29, 1.82) is 0 Å². The van der Waals surface area contributed by atoms with E-state index in [0.717, 1.165) is 6.21 Å². The Morgan fingerprint density at radius 3 is 2.71 bits per heavy atom. The molecule has 134 valence electrons. The lowest BCUT2D eigenvalue weighted by molar-refractivity contribution is -0.0875. The quantitative estimate of drug-likeness (QED) is 0.744. The predicted molar refractivity (Wildman–Crippen MR) is 83.2 cm³/mol. The molecule has 0 saturated heterocycles. The Labute approximate surface area is 137 Å². The summed E-state index contributed by atoms with van der Waals surface area (Å²) < 4.78 is 45.8. The highest BCUT2D eigenvalue weighted by atomic mass is 19.4. The normalized spacial score (nSPS) is 22.5. The number of aliphatic imine (C=N–C) groups is 1. The first-order chi connectivity index (χ1) is 11.1. The Bertz CT molecular complexity index is 666. The molecule has 0 aliphatic carbocycles. The summed E-state index contributed by atoms with van der Waals surface area (Å²) in [6.45, 7) is 4.13. The van der Waals surface area contributed by atoms with Crippen molar-refractivity contribution in [2.75, 3.05) is 20.8 Å². The molecule has 1 unspecified atom stereocenters. The molecule has 10 heteroatoms. The minimum absolute atomic E-state index is 0.0510. The summed E-state index contributed by atoms with van der Waals surface area (Å²) in [6, 6.07) is -0.0510. The highest BCUT2D eigenvalue weighted by molar-refractivity contribution is 5.82. The van der Waals surface area contributed by atoms with Crippen molar-refractivity contribution in [3.63, 3.8) is 0 Å². The zero-order chi connectivity index (χ0) is 18.1. The zero-order valence-electron chi connectivity index (χ0n) is 13.9. The third-order valence-corrected chi connectivity index (χ3v) is 3.82. The van der Waals surface area contributed by atoms with Crippen LogP contribution in [0.25, 0.3) is 0 Å². The van der Waals surface area contributed by atoms with E-state index in [9.17, 15) is 13.2 Å². The lowest BCUT2D eigenvalue weighted by Gasteiger charge is -2.33. The number of methoxy groups -OCH3 is 1. The predicted octanol–water partition coefficient (Wildman–Crippen LogP) is 1.14. The Balaban J connectivity index is 2.38. The first-order valence-electron chi connectivity index (χ1n) is 7.29. The molecular formula is C14H21F3N6O. The van der Waals surface area contributed by atoms with Crippen LogP contribution >= 0.6 is 0 Å². The molecule has 2 heterocycles. The van der Waals surface area contributed by atoms with Crippen molar-refractivity contribution in [1.82, 2.24) is 20.4 Å². The number of halogens is 3. The van der Waals surface area contributed by atoms with Gasteiger partial charge in [-0.25, -0.2) is 4.99 Å². The molecule has 1 aliphatic heterocycles. The largest absolute Gasteiger partial charge is 0.421 e. The van der Waals surface area contributed by atoms with Gasteiger partial charge in [0, 0.05) is 26.1 Å². The summed E-state index contributed by atoms with van der Waals surface area (Å²) >= 11 is 0. The molecule has 1 aromatic heterocycles. The molecule has 0 radical (unpaired) electrons. The molecule has 2 rings (SSSR count). The minimum atomic E-state index is -4.54. The molecule has 0 amide bonds. The number of nitrogens with two attached hydrogens (primary N) is 1. The zero-order valence-corrected chi connectivity index (χ0v) is 13.9. The Morgan fingerprint density at radius 1 is 1.50 bits per heavy atom. The smallest absolute Gasteiger partial charge is 0.382 e. The van der Waals surface area contributed by atoms with Gasteiger partial charge in [0.1, 0.15) is 11.4 Å². The highest BCUT2D eigenvalue weighted by Crippen LogP contribution is 2.32. The van der Waals surface area contributed by atoms with Crippen molar-refractivity contribution in [2.45, 2.75) is 31.9 Å². The van der Waals surface area contributed by atoms with Crippen molar-refractivity contribution in [3.8, 4) is 0 Å². The Kier molecular flexibility index (Phi) is 4.90. The van der Waals surface area contributed by atoms with Crippen molar-refractivity contribution in [2.24, 2.45) is 10.7 Å². The Hall–Kier alpha value is -2.07. The van der Waals surface area contributed by atoms with E-state index < -0.39 is 17.5 Å². The molecule has 0 bridgehead atoms. The van der Waals surface area contributed by atoms with Crippen molar-refractivity contribution >= 4 is 6.21 Å². The molecular weight excluding hydrogens is 325 g/mol. The van der Waals surface area contributed by atoms with Crippen molar-refractivity contribution in [3.05, 3.63) is 28.8 Å². The lowest BCUT2D eigenvalue weighted by atomic mass is 10.1. The lowest BCUT2D eigenvalue weighted by Crippen LogP contribution is -2.54. The van der Waals surface area contributed by atoms with Gasteiger partial charge >= 0.3 is 6.18 Å². The molecule has 1 aromatic rings. The van der Waals surface area contributed by atoms with Crippen LogP contribution in [0.2, 0.25) is 0 Å². The number of ether oxygens (including phenoxy) is 1. The summed E-state index contributed by atoms with van der Waals surface area (Å²) in [5.74, 6) is -1.78. The van der Waals surface area contributed by atoms with E-state index in [1.807, 2.05) is 6.92 Å². The van der Waals surface area contributed by atoms with Crippen LogP contribution in [0.1, 0.15) is 24.2 Å². The molecule has 24 heavy (non-hydrogen) atoms. The van der Waals surface area contributed by atoms with Crippen LogP contribution in [0.3, 0.4) is 0 Å². The number of hydrogen-bond acceptors (Lipinski definition) is 6. The number of alkyl halides is 3. The fourth-order valence-electron chi connectivity index (χ4n) is 2.62. The maximum absolute atomic E-state index is 13.0. The molecule has 2 atom stereocenters. The molecule has 0 aromatic carbocycles. The van der Waals surface area contributed by atoms with Crippen molar-refractivity contribution < 1.29 is 17.9 Å². The van der Waals surface area contributed by atoms with Gasteiger partial charge in [-0.05, 0) is 13.8 Å². The van der Waals surface area contributed by atoms with Crippen LogP contribution in [0.5, 0.6) is 0 Å². The third kappa shape index (κ3) is 3.24.